The third kappa shape index (κ3) is 4.09. The molecule has 25 heavy (non-hydrogen) atoms. The van der Waals surface area contributed by atoms with Crippen molar-refractivity contribution < 1.29 is 27.5 Å². The number of halogens is 1. The Morgan fingerprint density at radius 2 is 1.64 bits per heavy atom. The van der Waals surface area contributed by atoms with Crippen LogP contribution in [0.4, 0.5) is 5.69 Å². The number of esters is 2. The molecule has 132 valence electrons. The van der Waals surface area contributed by atoms with Crippen LogP contribution in [0.1, 0.15) is 20.7 Å². The van der Waals surface area contributed by atoms with Gasteiger partial charge >= 0.3 is 11.9 Å². The number of nitrogens with one attached hydrogen (secondary N) is 1. The highest BCUT2D eigenvalue weighted by Gasteiger charge is 2.24. The van der Waals surface area contributed by atoms with Gasteiger partial charge in [0.2, 0.25) is 0 Å². The van der Waals surface area contributed by atoms with Crippen LogP contribution < -0.4 is 4.72 Å². The fourth-order valence-corrected chi connectivity index (χ4v) is 3.52. The van der Waals surface area contributed by atoms with E-state index >= 15 is 0 Å². The van der Waals surface area contributed by atoms with E-state index in [1.807, 2.05) is 0 Å². The molecule has 0 unspecified atom stereocenters. The molecule has 0 radical (unpaired) electrons. The third-order valence-corrected chi connectivity index (χ3v) is 4.97. The highest BCUT2D eigenvalue weighted by molar-refractivity contribution is 7.92. The first-order chi connectivity index (χ1) is 11.8. The molecule has 0 bridgehead atoms. The Kier molecular flexibility index (Phi) is 5.66. The number of ether oxygens (including phenoxy) is 2. The first kappa shape index (κ1) is 18.8. The van der Waals surface area contributed by atoms with E-state index in [1.54, 1.807) is 0 Å². The van der Waals surface area contributed by atoms with Gasteiger partial charge in [-0.1, -0.05) is 23.7 Å². The SMILES string of the molecule is COC(=O)c1ccc(Cl)c(NS(=O)(=O)c2ccccc2C(=O)OC)c1. The molecule has 2 rings (SSSR count). The molecule has 7 nitrogen and oxygen atoms in total. The lowest BCUT2D eigenvalue weighted by atomic mass is 10.2. The lowest BCUT2D eigenvalue weighted by molar-refractivity contribution is 0.0589. The van der Waals surface area contributed by atoms with Crippen LogP contribution >= 0.6 is 11.6 Å². The average molecular weight is 384 g/mol. The number of benzene rings is 2. The summed E-state index contributed by atoms with van der Waals surface area (Å²) < 4.78 is 36.8. The largest absolute Gasteiger partial charge is 0.465 e. The minimum absolute atomic E-state index is 0.0239. The third-order valence-electron chi connectivity index (χ3n) is 3.21. The zero-order valence-electron chi connectivity index (χ0n) is 13.3. The molecule has 0 fully saturated rings. The standard InChI is InChI=1S/C16H14ClNO6S/c1-23-15(19)10-7-8-12(17)13(9-10)18-25(21,22)14-6-4-3-5-11(14)16(20)24-2/h3-9,18H,1-2H3. The Labute approximate surface area is 149 Å². The molecule has 0 amide bonds. The van der Waals surface area contributed by atoms with Crippen molar-refractivity contribution in [2.24, 2.45) is 0 Å². The zero-order chi connectivity index (χ0) is 18.6. The quantitative estimate of drug-likeness (QED) is 0.797. The molecular formula is C16H14ClNO6S. The number of hydrogen-bond acceptors (Lipinski definition) is 6. The maximum Gasteiger partial charge on any atom is 0.339 e. The van der Waals surface area contributed by atoms with Gasteiger partial charge in [-0.25, -0.2) is 18.0 Å². The number of carbonyl (C=O) groups is 2. The van der Waals surface area contributed by atoms with E-state index in [0.717, 1.165) is 7.11 Å². The van der Waals surface area contributed by atoms with Crippen LogP contribution in [0.15, 0.2) is 47.4 Å². The molecule has 9 heteroatoms. The van der Waals surface area contributed by atoms with Gasteiger partial charge in [0.05, 0.1) is 36.1 Å². The minimum Gasteiger partial charge on any atom is -0.465 e. The molecule has 0 aromatic heterocycles. The minimum atomic E-state index is -4.16. The van der Waals surface area contributed by atoms with Crippen molar-refractivity contribution in [3.05, 3.63) is 58.6 Å². The van der Waals surface area contributed by atoms with Gasteiger partial charge in [0.25, 0.3) is 10.0 Å². The van der Waals surface area contributed by atoms with Gasteiger partial charge in [-0.3, -0.25) is 4.72 Å². The van der Waals surface area contributed by atoms with Gasteiger partial charge in [0, 0.05) is 0 Å². The lowest BCUT2D eigenvalue weighted by Gasteiger charge is -2.13. The van der Waals surface area contributed by atoms with Gasteiger partial charge in [0.1, 0.15) is 4.90 Å². The van der Waals surface area contributed by atoms with Gasteiger partial charge in [-0.15, -0.1) is 0 Å². The van der Waals surface area contributed by atoms with Crippen molar-refractivity contribution in [1.82, 2.24) is 0 Å². The Balaban J connectivity index is 2.47. The lowest BCUT2D eigenvalue weighted by Crippen LogP contribution is -2.18. The first-order valence-corrected chi connectivity index (χ1v) is 8.74. The number of methoxy groups -OCH3 is 2. The summed E-state index contributed by atoms with van der Waals surface area (Å²) in [6.45, 7) is 0. The van der Waals surface area contributed by atoms with Crippen molar-refractivity contribution in [2.45, 2.75) is 4.90 Å². The van der Waals surface area contributed by atoms with E-state index in [4.69, 9.17) is 11.6 Å². The Hall–Kier alpha value is -2.58. The number of rotatable bonds is 5. The second kappa shape index (κ2) is 7.54. The summed E-state index contributed by atoms with van der Waals surface area (Å²) in [5.41, 5.74) is -0.0344. The van der Waals surface area contributed by atoms with Crippen LogP contribution in [0.5, 0.6) is 0 Å². The number of hydrogen-bond donors (Lipinski definition) is 1. The van der Waals surface area contributed by atoms with Crippen molar-refractivity contribution in [1.29, 1.82) is 0 Å². The Morgan fingerprint density at radius 1 is 1.00 bits per heavy atom. The average Bonchev–Trinajstić information content (AvgIpc) is 2.62. The van der Waals surface area contributed by atoms with Gasteiger partial charge in [-0.05, 0) is 30.3 Å². The maximum atomic E-state index is 12.7. The Bertz CT molecular complexity index is 926. The van der Waals surface area contributed by atoms with Crippen molar-refractivity contribution in [3.63, 3.8) is 0 Å². The summed E-state index contributed by atoms with van der Waals surface area (Å²) in [4.78, 5) is 23.1. The van der Waals surface area contributed by atoms with E-state index in [0.29, 0.717) is 0 Å². The van der Waals surface area contributed by atoms with Crippen molar-refractivity contribution >= 4 is 39.3 Å². The topological polar surface area (TPSA) is 98.8 Å². The van der Waals surface area contributed by atoms with Crippen LogP contribution in [0.25, 0.3) is 0 Å². The summed E-state index contributed by atoms with van der Waals surface area (Å²) in [5, 5.41) is 0.0757. The van der Waals surface area contributed by atoms with E-state index in [9.17, 15) is 18.0 Å². The maximum absolute atomic E-state index is 12.7. The fraction of sp³-hybridized carbons (Fsp3) is 0.125. The normalized spacial score (nSPS) is 10.8. The number of anilines is 1. The fourth-order valence-electron chi connectivity index (χ4n) is 2.03. The molecule has 0 spiro atoms. The summed E-state index contributed by atoms with van der Waals surface area (Å²) in [6.07, 6.45) is 0. The second-order valence-corrected chi connectivity index (χ2v) is 6.84. The van der Waals surface area contributed by atoms with Crippen LogP contribution in [0, 0.1) is 0 Å². The molecule has 0 aliphatic carbocycles. The molecule has 1 N–H and O–H groups in total. The molecule has 0 saturated carbocycles. The molecule has 0 aliphatic rings. The van der Waals surface area contributed by atoms with E-state index in [1.165, 1.54) is 49.6 Å². The summed E-state index contributed by atoms with van der Waals surface area (Å²) in [7, 11) is -1.81. The number of carbonyl (C=O) groups excluding carboxylic acids is 2. The summed E-state index contributed by atoms with van der Waals surface area (Å²) in [5.74, 6) is -1.44. The smallest absolute Gasteiger partial charge is 0.339 e. The molecular weight excluding hydrogens is 370 g/mol. The Morgan fingerprint density at radius 3 is 2.28 bits per heavy atom. The second-order valence-electron chi connectivity index (χ2n) is 4.78. The highest BCUT2D eigenvalue weighted by atomic mass is 35.5. The number of sulfonamides is 1. The van der Waals surface area contributed by atoms with Crippen LogP contribution in [0.2, 0.25) is 5.02 Å². The summed E-state index contributed by atoms with van der Waals surface area (Å²) in [6, 6.07) is 9.56. The summed E-state index contributed by atoms with van der Waals surface area (Å²) >= 11 is 6.00. The molecule has 0 saturated heterocycles. The van der Waals surface area contributed by atoms with Gasteiger partial charge < -0.3 is 9.47 Å². The molecule has 0 atom stereocenters. The first-order valence-electron chi connectivity index (χ1n) is 6.88. The monoisotopic (exact) mass is 383 g/mol. The van der Waals surface area contributed by atoms with Crippen LogP contribution in [-0.2, 0) is 19.5 Å². The molecule has 2 aromatic carbocycles. The van der Waals surface area contributed by atoms with Crippen LogP contribution in [0.3, 0.4) is 0 Å². The van der Waals surface area contributed by atoms with Crippen molar-refractivity contribution in [3.8, 4) is 0 Å². The predicted octanol–water partition coefficient (Wildman–Crippen LogP) is 2.71. The van der Waals surface area contributed by atoms with Crippen molar-refractivity contribution in [2.75, 3.05) is 18.9 Å². The van der Waals surface area contributed by atoms with Crippen LogP contribution in [-0.4, -0.2) is 34.6 Å². The van der Waals surface area contributed by atoms with Gasteiger partial charge in [-0.2, -0.15) is 0 Å². The van der Waals surface area contributed by atoms with Gasteiger partial charge in [0.15, 0.2) is 0 Å². The molecule has 0 aliphatic heterocycles. The molecule has 2 aromatic rings. The van der Waals surface area contributed by atoms with E-state index < -0.39 is 22.0 Å². The predicted molar refractivity (Wildman–Crippen MR) is 91.4 cm³/mol. The zero-order valence-corrected chi connectivity index (χ0v) is 14.8. The highest BCUT2D eigenvalue weighted by Crippen LogP contribution is 2.27. The van der Waals surface area contributed by atoms with E-state index in [-0.39, 0.29) is 26.7 Å². The van der Waals surface area contributed by atoms with E-state index in [2.05, 4.69) is 14.2 Å². The molecule has 0 heterocycles.